The van der Waals surface area contributed by atoms with E-state index in [2.05, 4.69) is 0 Å². The molecule has 0 saturated carbocycles. The van der Waals surface area contributed by atoms with Crippen molar-refractivity contribution in [2.75, 3.05) is 14.2 Å². The summed E-state index contributed by atoms with van der Waals surface area (Å²) < 4.78 is 10.1. The molecule has 0 bridgehead atoms. The van der Waals surface area contributed by atoms with Crippen LogP contribution in [-0.2, 0) is 9.31 Å². The second-order valence-electron chi connectivity index (χ2n) is 2.21. The van der Waals surface area contributed by atoms with Gasteiger partial charge >= 0.3 is 7.12 Å². The van der Waals surface area contributed by atoms with Gasteiger partial charge in [0, 0.05) is 14.2 Å². The first-order valence-corrected chi connectivity index (χ1v) is 3.49. The van der Waals surface area contributed by atoms with Crippen molar-refractivity contribution in [1.82, 2.24) is 0 Å². The fourth-order valence-electron chi connectivity index (χ4n) is 0.979. The lowest BCUT2D eigenvalue weighted by molar-refractivity contribution is 0.292. The summed E-state index contributed by atoms with van der Waals surface area (Å²) in [5.41, 5.74) is 1.04. The molecule has 0 radical (unpaired) electrons. The maximum atomic E-state index is 5.06. The Hall–Kier alpha value is -0.795. The Morgan fingerprint density at radius 3 is 2.00 bits per heavy atom. The van der Waals surface area contributed by atoms with Crippen molar-refractivity contribution in [1.29, 1.82) is 0 Å². The average molecular weight is 150 g/mol. The molecule has 0 fully saturated rings. The third-order valence-electron chi connectivity index (χ3n) is 1.50. The Morgan fingerprint density at radius 2 is 1.55 bits per heavy atom. The van der Waals surface area contributed by atoms with Crippen molar-refractivity contribution in [3.05, 3.63) is 30.3 Å². The normalized spacial score (nSPS) is 9.64. The standard InChI is InChI=1S/C8H11BO2/c1-10-9(11-2)8-6-4-3-5-7-8/h3-7H,1-2H3. The minimum absolute atomic E-state index is 0.240. The van der Waals surface area contributed by atoms with Crippen molar-refractivity contribution < 1.29 is 9.31 Å². The Labute approximate surface area is 67.3 Å². The molecule has 0 saturated heterocycles. The fourth-order valence-corrected chi connectivity index (χ4v) is 0.979. The van der Waals surface area contributed by atoms with Gasteiger partial charge in [-0.15, -0.1) is 0 Å². The Bertz CT molecular complexity index is 197. The molecule has 0 aliphatic carbocycles. The highest BCUT2D eigenvalue weighted by Gasteiger charge is 2.15. The second-order valence-corrected chi connectivity index (χ2v) is 2.21. The zero-order chi connectivity index (χ0) is 8.10. The van der Waals surface area contributed by atoms with Gasteiger partial charge in [0.25, 0.3) is 0 Å². The minimum atomic E-state index is -0.240. The lowest BCUT2D eigenvalue weighted by Crippen LogP contribution is -2.34. The first kappa shape index (κ1) is 8.30. The molecular weight excluding hydrogens is 139 g/mol. The van der Waals surface area contributed by atoms with Gasteiger partial charge in [-0.3, -0.25) is 0 Å². The third kappa shape index (κ3) is 2.07. The summed E-state index contributed by atoms with van der Waals surface area (Å²) in [5, 5.41) is 0. The zero-order valence-electron chi connectivity index (χ0n) is 6.78. The molecule has 0 heterocycles. The van der Waals surface area contributed by atoms with Crippen molar-refractivity contribution in [2.45, 2.75) is 0 Å². The maximum Gasteiger partial charge on any atom is 0.493 e. The highest BCUT2D eigenvalue weighted by molar-refractivity contribution is 6.61. The van der Waals surface area contributed by atoms with Crippen LogP contribution in [0.1, 0.15) is 0 Å². The van der Waals surface area contributed by atoms with E-state index >= 15 is 0 Å². The molecule has 0 N–H and O–H groups in total. The summed E-state index contributed by atoms with van der Waals surface area (Å²) in [6.45, 7) is 0. The predicted octanol–water partition coefficient (Wildman–Crippen LogP) is 0.675. The molecule has 1 rings (SSSR count). The van der Waals surface area contributed by atoms with Crippen LogP contribution in [-0.4, -0.2) is 21.3 Å². The summed E-state index contributed by atoms with van der Waals surface area (Å²) in [4.78, 5) is 0. The molecule has 0 amide bonds. The van der Waals surface area contributed by atoms with Crippen molar-refractivity contribution in [3.8, 4) is 0 Å². The molecule has 1 aromatic rings. The largest absolute Gasteiger partial charge is 0.493 e. The summed E-state index contributed by atoms with van der Waals surface area (Å²) in [6, 6.07) is 9.82. The number of benzene rings is 1. The molecule has 0 spiro atoms. The summed E-state index contributed by atoms with van der Waals surface area (Å²) in [6.07, 6.45) is 0. The monoisotopic (exact) mass is 150 g/mol. The van der Waals surface area contributed by atoms with Crippen LogP contribution in [0.3, 0.4) is 0 Å². The summed E-state index contributed by atoms with van der Waals surface area (Å²) >= 11 is 0. The van der Waals surface area contributed by atoms with Crippen LogP contribution in [0.5, 0.6) is 0 Å². The van der Waals surface area contributed by atoms with E-state index in [0.29, 0.717) is 0 Å². The maximum absolute atomic E-state index is 5.06. The molecule has 0 aromatic heterocycles. The molecule has 1 aromatic carbocycles. The zero-order valence-corrected chi connectivity index (χ0v) is 6.78. The van der Waals surface area contributed by atoms with Gasteiger partial charge in [0.1, 0.15) is 0 Å². The van der Waals surface area contributed by atoms with Crippen LogP contribution >= 0.6 is 0 Å². The van der Waals surface area contributed by atoms with E-state index in [9.17, 15) is 0 Å². The highest BCUT2D eigenvalue weighted by atomic mass is 16.6. The van der Waals surface area contributed by atoms with Gasteiger partial charge in [-0.2, -0.15) is 0 Å². The topological polar surface area (TPSA) is 18.5 Å². The molecule has 0 aliphatic rings. The van der Waals surface area contributed by atoms with Gasteiger partial charge in [0.05, 0.1) is 0 Å². The molecule has 58 valence electrons. The Balaban J connectivity index is 2.74. The van der Waals surface area contributed by atoms with Crippen molar-refractivity contribution in [3.63, 3.8) is 0 Å². The predicted molar refractivity (Wildman–Crippen MR) is 45.8 cm³/mol. The fraction of sp³-hybridized carbons (Fsp3) is 0.250. The van der Waals surface area contributed by atoms with E-state index in [1.54, 1.807) is 14.2 Å². The van der Waals surface area contributed by atoms with Crippen LogP contribution in [0.15, 0.2) is 30.3 Å². The van der Waals surface area contributed by atoms with Crippen molar-refractivity contribution in [2.24, 2.45) is 0 Å². The van der Waals surface area contributed by atoms with Crippen molar-refractivity contribution >= 4 is 12.6 Å². The molecule has 2 nitrogen and oxygen atoms in total. The van der Waals surface area contributed by atoms with E-state index in [1.807, 2.05) is 30.3 Å². The van der Waals surface area contributed by atoms with Gasteiger partial charge in [0.15, 0.2) is 0 Å². The van der Waals surface area contributed by atoms with Gasteiger partial charge in [0.2, 0.25) is 0 Å². The quantitative estimate of drug-likeness (QED) is 0.589. The van der Waals surface area contributed by atoms with Crippen LogP contribution in [0, 0.1) is 0 Å². The molecular formula is C8H11BO2. The van der Waals surface area contributed by atoms with Crippen LogP contribution in [0.25, 0.3) is 0 Å². The third-order valence-corrected chi connectivity index (χ3v) is 1.50. The van der Waals surface area contributed by atoms with Crippen LogP contribution in [0.4, 0.5) is 0 Å². The minimum Gasteiger partial charge on any atom is -0.410 e. The van der Waals surface area contributed by atoms with Crippen LogP contribution in [0.2, 0.25) is 0 Å². The Morgan fingerprint density at radius 1 is 1.00 bits per heavy atom. The van der Waals surface area contributed by atoms with E-state index < -0.39 is 0 Å². The molecule has 0 atom stereocenters. The molecule has 11 heavy (non-hydrogen) atoms. The van der Waals surface area contributed by atoms with Gasteiger partial charge in [-0.1, -0.05) is 30.3 Å². The highest BCUT2D eigenvalue weighted by Crippen LogP contribution is 1.89. The van der Waals surface area contributed by atoms with Gasteiger partial charge in [-0.05, 0) is 5.46 Å². The lowest BCUT2D eigenvalue weighted by Gasteiger charge is -2.07. The molecule has 3 heteroatoms. The first-order valence-electron chi connectivity index (χ1n) is 3.49. The van der Waals surface area contributed by atoms with Gasteiger partial charge < -0.3 is 9.31 Å². The summed E-state index contributed by atoms with van der Waals surface area (Å²) in [7, 11) is 3.01. The smallest absolute Gasteiger partial charge is 0.410 e. The first-order chi connectivity index (χ1) is 5.38. The van der Waals surface area contributed by atoms with E-state index in [0.717, 1.165) is 5.46 Å². The Kier molecular flexibility index (Phi) is 3.14. The van der Waals surface area contributed by atoms with E-state index in [4.69, 9.17) is 9.31 Å². The summed E-state index contributed by atoms with van der Waals surface area (Å²) in [5.74, 6) is 0. The number of hydrogen-bond acceptors (Lipinski definition) is 2. The van der Waals surface area contributed by atoms with E-state index in [1.165, 1.54) is 0 Å². The van der Waals surface area contributed by atoms with Gasteiger partial charge in [-0.25, -0.2) is 0 Å². The molecule has 0 unspecified atom stereocenters. The second kappa shape index (κ2) is 4.16. The van der Waals surface area contributed by atoms with Crippen LogP contribution < -0.4 is 5.46 Å². The van der Waals surface area contributed by atoms with E-state index in [-0.39, 0.29) is 7.12 Å². The number of hydrogen-bond donors (Lipinski definition) is 0. The average Bonchev–Trinajstić information content (AvgIpc) is 2.09. The lowest BCUT2D eigenvalue weighted by atomic mass is 9.79. The molecule has 0 aliphatic heterocycles. The SMILES string of the molecule is COB(OC)c1ccccc1. The number of rotatable bonds is 3.